The first-order chi connectivity index (χ1) is 14.4. The van der Waals surface area contributed by atoms with Crippen LogP contribution >= 0.6 is 0 Å². The molecule has 1 heterocycles. The Bertz CT molecular complexity index is 1150. The molecular formula is C22H19F2NO5. The number of halogens is 2. The molecule has 0 bridgehead atoms. The van der Waals surface area contributed by atoms with E-state index in [0.717, 1.165) is 12.1 Å². The number of carbonyl (C=O) groups is 2. The van der Waals surface area contributed by atoms with E-state index in [9.17, 15) is 23.5 Å². The average Bonchev–Trinajstić information content (AvgIpc) is 3.10. The summed E-state index contributed by atoms with van der Waals surface area (Å²) in [4.78, 5) is 23.5. The van der Waals surface area contributed by atoms with E-state index >= 15 is 0 Å². The number of fused-ring (bicyclic) bond motifs is 1. The number of aliphatic hydroxyl groups excluding tert-OH is 1. The first kappa shape index (κ1) is 21.0. The third-order valence-electron chi connectivity index (χ3n) is 4.48. The van der Waals surface area contributed by atoms with Gasteiger partial charge in [-0.15, -0.1) is 0 Å². The van der Waals surface area contributed by atoms with Gasteiger partial charge in [0.15, 0.2) is 11.6 Å². The highest BCUT2D eigenvalue weighted by Crippen LogP contribution is 2.34. The molecule has 0 aliphatic carbocycles. The summed E-state index contributed by atoms with van der Waals surface area (Å²) < 4.78 is 39.3. The average molecular weight is 415 g/mol. The van der Waals surface area contributed by atoms with E-state index in [1.807, 2.05) is 0 Å². The number of aromatic nitrogens is 1. The SMILES string of the molecule is CCOC(=O)C(=O)/C=C(/O)c1cn(Cc2cccc(F)c2F)c2cccc(OC)c12. The van der Waals surface area contributed by atoms with Crippen LogP contribution in [-0.2, 0) is 20.9 Å². The molecule has 0 aliphatic heterocycles. The number of methoxy groups -OCH3 is 1. The van der Waals surface area contributed by atoms with Crippen LogP contribution in [0.1, 0.15) is 18.1 Å². The van der Waals surface area contributed by atoms with Crippen LogP contribution in [0.2, 0.25) is 0 Å². The van der Waals surface area contributed by atoms with Gasteiger partial charge in [-0.05, 0) is 25.1 Å². The Labute approximate surface area is 170 Å². The number of rotatable bonds is 7. The summed E-state index contributed by atoms with van der Waals surface area (Å²) in [5.74, 6) is -4.15. The summed E-state index contributed by atoms with van der Waals surface area (Å²) in [5, 5.41) is 11.0. The van der Waals surface area contributed by atoms with Crippen molar-refractivity contribution in [2.75, 3.05) is 13.7 Å². The highest BCUT2D eigenvalue weighted by atomic mass is 19.2. The van der Waals surface area contributed by atoms with Gasteiger partial charge in [0.2, 0.25) is 0 Å². The highest BCUT2D eigenvalue weighted by molar-refractivity contribution is 6.39. The van der Waals surface area contributed by atoms with Crippen LogP contribution in [0.15, 0.2) is 48.7 Å². The smallest absolute Gasteiger partial charge is 0.379 e. The van der Waals surface area contributed by atoms with Gasteiger partial charge in [-0.25, -0.2) is 13.6 Å². The lowest BCUT2D eigenvalue weighted by Crippen LogP contribution is -2.15. The van der Waals surface area contributed by atoms with Gasteiger partial charge >= 0.3 is 5.97 Å². The predicted molar refractivity (Wildman–Crippen MR) is 106 cm³/mol. The molecule has 0 saturated heterocycles. The first-order valence-electron chi connectivity index (χ1n) is 9.08. The van der Waals surface area contributed by atoms with Crippen molar-refractivity contribution in [2.24, 2.45) is 0 Å². The van der Waals surface area contributed by atoms with E-state index in [1.54, 1.807) is 29.7 Å². The maximum Gasteiger partial charge on any atom is 0.379 e. The van der Waals surface area contributed by atoms with Crippen molar-refractivity contribution in [3.63, 3.8) is 0 Å². The number of aliphatic hydroxyl groups is 1. The Morgan fingerprint density at radius 2 is 1.90 bits per heavy atom. The molecule has 0 spiro atoms. The van der Waals surface area contributed by atoms with E-state index in [-0.39, 0.29) is 24.3 Å². The molecule has 30 heavy (non-hydrogen) atoms. The Balaban J connectivity index is 2.12. The number of hydrogen-bond donors (Lipinski definition) is 1. The van der Waals surface area contributed by atoms with E-state index in [1.165, 1.54) is 25.4 Å². The number of carbonyl (C=O) groups excluding carboxylic acids is 2. The van der Waals surface area contributed by atoms with Gasteiger partial charge < -0.3 is 19.1 Å². The van der Waals surface area contributed by atoms with Gasteiger partial charge in [-0.1, -0.05) is 18.2 Å². The summed E-state index contributed by atoms with van der Waals surface area (Å²) in [6.45, 7) is 1.54. The molecule has 6 nitrogen and oxygen atoms in total. The monoisotopic (exact) mass is 415 g/mol. The molecule has 2 aromatic carbocycles. The van der Waals surface area contributed by atoms with E-state index in [4.69, 9.17) is 4.74 Å². The van der Waals surface area contributed by atoms with Crippen LogP contribution in [-0.4, -0.2) is 35.1 Å². The quantitative estimate of drug-likeness (QED) is 0.273. The number of ether oxygens (including phenoxy) is 2. The second-order valence-corrected chi connectivity index (χ2v) is 6.35. The van der Waals surface area contributed by atoms with Crippen molar-refractivity contribution in [2.45, 2.75) is 13.5 Å². The standard InChI is InChI=1S/C22H19F2NO5/c1-3-30-22(28)18(27)10-17(26)14-12-25(11-13-6-4-7-15(23)21(13)24)16-8-5-9-19(29-2)20(14)16/h4-10,12,26H,3,11H2,1-2H3/b17-10+. The lowest BCUT2D eigenvalue weighted by atomic mass is 10.1. The first-order valence-corrected chi connectivity index (χ1v) is 9.08. The van der Waals surface area contributed by atoms with Crippen molar-refractivity contribution in [1.29, 1.82) is 0 Å². The van der Waals surface area contributed by atoms with Crippen molar-refractivity contribution in [1.82, 2.24) is 4.57 Å². The molecule has 0 aliphatic rings. The topological polar surface area (TPSA) is 77.8 Å². The van der Waals surface area contributed by atoms with Gasteiger partial charge in [-0.2, -0.15) is 0 Å². The maximum absolute atomic E-state index is 14.2. The number of ketones is 1. The molecule has 0 atom stereocenters. The summed E-state index contributed by atoms with van der Waals surface area (Å²) in [6.07, 6.45) is 2.23. The highest BCUT2D eigenvalue weighted by Gasteiger charge is 2.20. The fourth-order valence-corrected chi connectivity index (χ4v) is 3.13. The van der Waals surface area contributed by atoms with Gasteiger partial charge in [0.05, 0.1) is 31.2 Å². The molecule has 3 aromatic rings. The fraction of sp³-hybridized carbons (Fsp3) is 0.182. The minimum atomic E-state index is -1.10. The zero-order valence-electron chi connectivity index (χ0n) is 16.3. The van der Waals surface area contributed by atoms with E-state index < -0.39 is 29.1 Å². The molecule has 3 rings (SSSR count). The summed E-state index contributed by atoms with van der Waals surface area (Å²) >= 11 is 0. The normalized spacial score (nSPS) is 11.5. The third kappa shape index (κ3) is 4.03. The molecule has 1 N–H and O–H groups in total. The summed E-state index contributed by atoms with van der Waals surface area (Å²) in [7, 11) is 1.44. The van der Waals surface area contributed by atoms with Gasteiger partial charge in [0, 0.05) is 23.4 Å². The number of benzene rings is 2. The second-order valence-electron chi connectivity index (χ2n) is 6.35. The molecule has 0 radical (unpaired) electrons. The van der Waals surface area contributed by atoms with Gasteiger partial charge in [0.25, 0.3) is 5.78 Å². The summed E-state index contributed by atoms with van der Waals surface area (Å²) in [6, 6.07) is 8.93. The zero-order valence-corrected chi connectivity index (χ0v) is 16.3. The Kier molecular flexibility index (Phi) is 6.15. The predicted octanol–water partition coefficient (Wildman–Crippen LogP) is 4.01. The lowest BCUT2D eigenvalue weighted by molar-refractivity contribution is -0.151. The third-order valence-corrected chi connectivity index (χ3v) is 4.48. The van der Waals surface area contributed by atoms with Crippen molar-refractivity contribution >= 4 is 28.4 Å². The van der Waals surface area contributed by atoms with Crippen LogP contribution < -0.4 is 4.74 Å². The zero-order chi connectivity index (χ0) is 21.8. The molecule has 0 amide bonds. The lowest BCUT2D eigenvalue weighted by Gasteiger charge is -2.08. The van der Waals surface area contributed by atoms with Gasteiger partial charge in [-0.3, -0.25) is 4.79 Å². The van der Waals surface area contributed by atoms with Gasteiger partial charge in [0.1, 0.15) is 11.5 Å². The van der Waals surface area contributed by atoms with Crippen molar-refractivity contribution < 1.29 is 33.0 Å². The Morgan fingerprint density at radius 3 is 2.60 bits per heavy atom. The van der Waals surface area contributed by atoms with Crippen molar-refractivity contribution in [3.05, 3.63) is 71.4 Å². The number of nitrogens with zero attached hydrogens (tertiary/aromatic N) is 1. The minimum Gasteiger partial charge on any atom is -0.507 e. The second kappa shape index (κ2) is 8.77. The molecule has 0 fully saturated rings. The van der Waals surface area contributed by atoms with Crippen LogP contribution in [0, 0.1) is 11.6 Å². The van der Waals surface area contributed by atoms with Crippen LogP contribution in [0.4, 0.5) is 8.78 Å². The van der Waals surface area contributed by atoms with E-state index in [0.29, 0.717) is 16.7 Å². The molecule has 1 aromatic heterocycles. The molecular weight excluding hydrogens is 396 g/mol. The number of hydrogen-bond acceptors (Lipinski definition) is 5. The molecule has 8 heteroatoms. The fourth-order valence-electron chi connectivity index (χ4n) is 3.13. The van der Waals surface area contributed by atoms with Crippen LogP contribution in [0.25, 0.3) is 16.7 Å². The molecule has 0 saturated carbocycles. The Morgan fingerprint density at radius 1 is 1.17 bits per heavy atom. The van der Waals surface area contributed by atoms with Crippen molar-refractivity contribution in [3.8, 4) is 5.75 Å². The van der Waals surface area contributed by atoms with E-state index in [2.05, 4.69) is 4.74 Å². The van der Waals surface area contributed by atoms with Crippen LogP contribution in [0.3, 0.4) is 0 Å². The maximum atomic E-state index is 14.2. The molecule has 156 valence electrons. The van der Waals surface area contributed by atoms with Crippen LogP contribution in [0.5, 0.6) is 5.75 Å². The largest absolute Gasteiger partial charge is 0.507 e. The summed E-state index contributed by atoms with van der Waals surface area (Å²) in [5.41, 5.74) is 0.848. The minimum absolute atomic E-state index is 0.0194. The Hall–Kier alpha value is -3.68. The number of esters is 1. The molecule has 0 unspecified atom stereocenters.